The van der Waals surface area contributed by atoms with Gasteiger partial charge in [-0.25, -0.2) is 4.98 Å². The lowest BCUT2D eigenvalue weighted by Gasteiger charge is -2.05. The van der Waals surface area contributed by atoms with Gasteiger partial charge in [0.15, 0.2) is 7.85 Å². The minimum atomic E-state index is 0.570. The summed E-state index contributed by atoms with van der Waals surface area (Å²) in [5, 5.41) is 0. The van der Waals surface area contributed by atoms with Crippen LogP contribution in [0.2, 0.25) is 0 Å². The third kappa shape index (κ3) is 1.66. The number of fused-ring (bicyclic) bond motifs is 1. The van der Waals surface area contributed by atoms with Crippen molar-refractivity contribution in [1.82, 2.24) is 9.55 Å². The van der Waals surface area contributed by atoms with E-state index in [9.17, 15) is 0 Å². The predicted molar refractivity (Wildman–Crippen MR) is 70.9 cm³/mol. The first kappa shape index (κ1) is 11.2. The fraction of sp³-hybridized carbons (Fsp3) is 0.300. The highest BCUT2D eigenvalue weighted by molar-refractivity contribution is 9.13. The number of imidazole rings is 1. The van der Waals surface area contributed by atoms with Gasteiger partial charge in [0.05, 0.1) is 16.8 Å². The van der Waals surface area contributed by atoms with E-state index in [-0.39, 0.29) is 0 Å². The first-order valence-corrected chi connectivity index (χ1v) is 6.25. The van der Waals surface area contributed by atoms with Crippen LogP contribution in [0.25, 0.3) is 11.0 Å². The highest BCUT2D eigenvalue weighted by atomic mass is 79.9. The van der Waals surface area contributed by atoms with Crippen LogP contribution in [0.4, 0.5) is 0 Å². The maximum absolute atomic E-state index is 5.85. The van der Waals surface area contributed by atoms with E-state index in [2.05, 4.69) is 43.8 Å². The molecule has 0 aliphatic heterocycles. The number of aromatic nitrogens is 2. The fourth-order valence-corrected chi connectivity index (χ4v) is 2.52. The zero-order valence-electron chi connectivity index (χ0n) is 8.51. The molecule has 76 valence electrons. The van der Waals surface area contributed by atoms with Gasteiger partial charge in [0.25, 0.3) is 0 Å². The van der Waals surface area contributed by atoms with Crippen LogP contribution in [0.3, 0.4) is 0 Å². The number of benzene rings is 1. The van der Waals surface area contributed by atoms with Gasteiger partial charge in [0, 0.05) is 15.5 Å². The van der Waals surface area contributed by atoms with Crippen LogP contribution in [-0.2, 0) is 6.54 Å². The fourth-order valence-electron chi connectivity index (χ4n) is 1.70. The van der Waals surface area contributed by atoms with Gasteiger partial charge in [-0.1, -0.05) is 0 Å². The molecule has 0 fully saturated rings. The van der Waals surface area contributed by atoms with Crippen LogP contribution in [0.15, 0.2) is 15.0 Å². The maximum atomic E-state index is 5.85. The van der Waals surface area contributed by atoms with E-state index in [0.717, 1.165) is 32.1 Å². The van der Waals surface area contributed by atoms with Crippen LogP contribution in [-0.4, -0.2) is 17.4 Å². The van der Waals surface area contributed by atoms with E-state index in [4.69, 9.17) is 7.85 Å². The van der Waals surface area contributed by atoms with Crippen LogP contribution in [0, 0.1) is 6.92 Å². The standard InChI is InChI=1S/C10H9BBr2N2/c1-3-15-7-4-6(12)8(13)5(2)9(7)14-10(15)11/h4H,3H2,1-2H3. The molecule has 1 heterocycles. The molecule has 1 aromatic carbocycles. The summed E-state index contributed by atoms with van der Waals surface area (Å²) in [6, 6.07) is 2.04. The predicted octanol–water partition coefficient (Wildman–Crippen LogP) is 2.68. The SMILES string of the molecule is [B]c1nc2c(C)c(Br)c(Br)cc2n1CC. The third-order valence-electron chi connectivity index (χ3n) is 2.51. The highest BCUT2D eigenvalue weighted by Gasteiger charge is 2.12. The molecule has 0 atom stereocenters. The second-order valence-electron chi connectivity index (χ2n) is 3.38. The first-order valence-electron chi connectivity index (χ1n) is 4.66. The van der Waals surface area contributed by atoms with Gasteiger partial charge in [0.2, 0.25) is 0 Å². The molecule has 2 radical (unpaired) electrons. The summed E-state index contributed by atoms with van der Waals surface area (Å²) in [5.74, 6) is 0. The summed E-state index contributed by atoms with van der Waals surface area (Å²) in [5.41, 5.74) is 3.71. The Hall–Kier alpha value is -0.285. The van der Waals surface area contributed by atoms with Crippen molar-refractivity contribution in [1.29, 1.82) is 0 Å². The lowest BCUT2D eigenvalue weighted by molar-refractivity contribution is 0.812. The third-order valence-corrected chi connectivity index (χ3v) is 4.69. The van der Waals surface area contributed by atoms with E-state index in [0.29, 0.717) is 5.72 Å². The molecule has 0 saturated heterocycles. The Morgan fingerprint density at radius 2 is 2.13 bits per heavy atom. The summed E-state index contributed by atoms with van der Waals surface area (Å²) in [6.45, 7) is 4.92. The summed E-state index contributed by atoms with van der Waals surface area (Å²) >= 11 is 7.03. The molecule has 2 rings (SSSR count). The molecule has 1 aromatic heterocycles. The smallest absolute Gasteiger partial charge is 0.167 e. The van der Waals surface area contributed by atoms with Crippen LogP contribution in [0.1, 0.15) is 12.5 Å². The highest BCUT2D eigenvalue weighted by Crippen LogP contribution is 2.31. The lowest BCUT2D eigenvalue weighted by atomic mass is 10.1. The monoisotopic (exact) mass is 326 g/mol. The molecule has 0 amide bonds. The van der Waals surface area contributed by atoms with Crippen molar-refractivity contribution in [2.24, 2.45) is 0 Å². The van der Waals surface area contributed by atoms with Gasteiger partial charge in [-0.3, -0.25) is 0 Å². The maximum Gasteiger partial charge on any atom is 0.167 e. The molecule has 5 heteroatoms. The molecular weight excluding hydrogens is 319 g/mol. The van der Waals surface area contributed by atoms with Gasteiger partial charge in [-0.15, -0.1) is 0 Å². The topological polar surface area (TPSA) is 17.8 Å². The Kier molecular flexibility index (Phi) is 2.95. The van der Waals surface area contributed by atoms with Gasteiger partial charge < -0.3 is 4.57 Å². The minimum Gasteiger partial charge on any atom is -0.338 e. The van der Waals surface area contributed by atoms with Crippen molar-refractivity contribution < 1.29 is 0 Å². The Balaban J connectivity index is 2.92. The van der Waals surface area contributed by atoms with Gasteiger partial charge in [-0.05, 0) is 57.3 Å². The number of hydrogen-bond acceptors (Lipinski definition) is 1. The van der Waals surface area contributed by atoms with E-state index >= 15 is 0 Å². The molecule has 0 aliphatic carbocycles. The largest absolute Gasteiger partial charge is 0.338 e. The number of nitrogens with zero attached hydrogens (tertiary/aromatic N) is 2. The Labute approximate surface area is 107 Å². The lowest BCUT2D eigenvalue weighted by Crippen LogP contribution is -2.17. The van der Waals surface area contributed by atoms with Crippen LogP contribution in [0.5, 0.6) is 0 Å². The molecule has 15 heavy (non-hydrogen) atoms. The molecule has 0 spiro atoms. The number of hydrogen-bond donors (Lipinski definition) is 0. The molecule has 0 saturated carbocycles. The van der Waals surface area contributed by atoms with E-state index in [1.165, 1.54) is 0 Å². The Morgan fingerprint density at radius 1 is 1.47 bits per heavy atom. The molecule has 0 bridgehead atoms. The van der Waals surface area contributed by atoms with E-state index in [1.54, 1.807) is 0 Å². The second kappa shape index (κ2) is 3.94. The molecule has 0 aliphatic rings. The van der Waals surface area contributed by atoms with Crippen molar-refractivity contribution in [3.63, 3.8) is 0 Å². The summed E-state index contributed by atoms with van der Waals surface area (Å²) in [4.78, 5) is 4.38. The zero-order valence-corrected chi connectivity index (χ0v) is 11.7. The Bertz CT molecular complexity index is 534. The summed E-state index contributed by atoms with van der Waals surface area (Å²) < 4.78 is 4.07. The number of aryl methyl sites for hydroxylation is 2. The summed E-state index contributed by atoms with van der Waals surface area (Å²) in [7, 11) is 5.85. The molecule has 0 N–H and O–H groups in total. The zero-order chi connectivity index (χ0) is 11.2. The van der Waals surface area contributed by atoms with Gasteiger partial charge in [0.1, 0.15) is 0 Å². The summed E-state index contributed by atoms with van der Waals surface area (Å²) in [6.07, 6.45) is 0. The molecule has 0 unspecified atom stereocenters. The Morgan fingerprint density at radius 3 is 2.73 bits per heavy atom. The van der Waals surface area contributed by atoms with Crippen molar-refractivity contribution in [3.8, 4) is 0 Å². The first-order chi connectivity index (χ1) is 7.06. The quantitative estimate of drug-likeness (QED) is 0.736. The van der Waals surface area contributed by atoms with Gasteiger partial charge >= 0.3 is 0 Å². The number of halogens is 2. The van der Waals surface area contributed by atoms with E-state index in [1.807, 2.05) is 17.6 Å². The normalized spacial score (nSPS) is 11.2. The average Bonchev–Trinajstić information content (AvgIpc) is 2.51. The minimum absolute atomic E-state index is 0.570. The van der Waals surface area contributed by atoms with Crippen molar-refractivity contribution in [3.05, 3.63) is 20.6 Å². The molecule has 2 aromatic rings. The van der Waals surface area contributed by atoms with Crippen molar-refractivity contribution in [2.75, 3.05) is 0 Å². The van der Waals surface area contributed by atoms with Gasteiger partial charge in [-0.2, -0.15) is 0 Å². The molecule has 2 nitrogen and oxygen atoms in total. The van der Waals surface area contributed by atoms with E-state index < -0.39 is 0 Å². The number of rotatable bonds is 1. The van der Waals surface area contributed by atoms with Crippen molar-refractivity contribution >= 4 is 56.5 Å². The van der Waals surface area contributed by atoms with Crippen LogP contribution < -0.4 is 5.72 Å². The average molecular weight is 328 g/mol. The van der Waals surface area contributed by atoms with Crippen molar-refractivity contribution in [2.45, 2.75) is 20.4 Å². The molecular formula is C10H9BBr2N2. The van der Waals surface area contributed by atoms with Crippen LogP contribution >= 0.6 is 31.9 Å². The second-order valence-corrected chi connectivity index (χ2v) is 5.03.